The van der Waals surface area contributed by atoms with E-state index in [-0.39, 0.29) is 47.3 Å². The predicted molar refractivity (Wildman–Crippen MR) is 100 cm³/mol. The van der Waals surface area contributed by atoms with Crippen molar-refractivity contribution in [2.45, 2.75) is 51.1 Å². The van der Waals surface area contributed by atoms with Gasteiger partial charge >= 0.3 is 6.36 Å². The number of nitrogen functional groups attached to an aromatic ring is 1. The maximum absolute atomic E-state index is 14.4. The first-order valence-electron chi connectivity index (χ1n) is 9.36. The lowest BCUT2D eigenvalue weighted by Gasteiger charge is -2.26. The summed E-state index contributed by atoms with van der Waals surface area (Å²) in [7, 11) is 0. The van der Waals surface area contributed by atoms with Gasteiger partial charge in [0.2, 0.25) is 5.95 Å². The van der Waals surface area contributed by atoms with Crippen molar-refractivity contribution in [3.8, 4) is 5.75 Å². The van der Waals surface area contributed by atoms with Gasteiger partial charge in [0, 0.05) is 18.2 Å². The van der Waals surface area contributed by atoms with Crippen molar-refractivity contribution in [2.75, 3.05) is 11.1 Å². The van der Waals surface area contributed by atoms with E-state index in [1.807, 2.05) is 0 Å². The number of ether oxygens (including phenoxy) is 1. The Morgan fingerprint density at radius 1 is 1.10 bits per heavy atom. The first-order valence-corrected chi connectivity index (χ1v) is 9.36. The van der Waals surface area contributed by atoms with Gasteiger partial charge in [-0.15, -0.1) is 13.2 Å². The van der Waals surface area contributed by atoms with Crippen LogP contribution in [0.5, 0.6) is 5.75 Å². The Bertz CT molecular complexity index is 838. The third kappa shape index (κ3) is 5.93. The Labute approximate surface area is 165 Å². The second-order valence-corrected chi connectivity index (χ2v) is 7.19. The van der Waals surface area contributed by atoms with Crippen LogP contribution in [0.1, 0.15) is 36.9 Å². The fourth-order valence-electron chi connectivity index (χ4n) is 3.44. The predicted octanol–water partition coefficient (Wildman–Crippen LogP) is 3.77. The smallest absolute Gasteiger partial charge is 0.405 e. The van der Waals surface area contributed by atoms with Crippen LogP contribution in [0.2, 0.25) is 0 Å². The van der Waals surface area contributed by atoms with Crippen LogP contribution in [0.25, 0.3) is 0 Å². The van der Waals surface area contributed by atoms with Gasteiger partial charge in [-0.3, -0.25) is 0 Å². The van der Waals surface area contributed by atoms with Crippen molar-refractivity contribution in [2.24, 2.45) is 11.7 Å². The number of hydrogen-bond acceptors (Lipinski definition) is 6. The zero-order chi connectivity index (χ0) is 21.0. The highest BCUT2D eigenvalue weighted by molar-refractivity contribution is 5.42. The Morgan fingerprint density at radius 3 is 2.48 bits per heavy atom. The molecule has 0 radical (unpaired) electrons. The lowest BCUT2D eigenvalue weighted by Crippen LogP contribution is -2.27. The molecule has 1 aliphatic carbocycles. The number of nitrogens with zero attached hydrogens (tertiary/aromatic N) is 2. The molecule has 29 heavy (non-hydrogen) atoms. The Morgan fingerprint density at radius 2 is 1.79 bits per heavy atom. The molecule has 2 aromatic rings. The molecule has 0 saturated heterocycles. The zero-order valence-corrected chi connectivity index (χ0v) is 15.7. The molecule has 1 heterocycles. The van der Waals surface area contributed by atoms with Gasteiger partial charge in [0.15, 0.2) is 11.6 Å². The SMILES string of the molecule is Nc1nc(NCc2ccccc2OC(F)(F)F)nc(C[C@H]2CC[C@H](N)CC2)c1F. The summed E-state index contributed by atoms with van der Waals surface area (Å²) in [5.74, 6) is -0.988. The van der Waals surface area contributed by atoms with Crippen molar-refractivity contribution in [3.05, 3.63) is 41.3 Å². The minimum absolute atomic E-state index is 0.0466. The van der Waals surface area contributed by atoms with Crippen LogP contribution in [0, 0.1) is 11.7 Å². The largest absolute Gasteiger partial charge is 0.573 e. The quantitative estimate of drug-likeness (QED) is 0.624. The molecule has 3 rings (SSSR count). The minimum Gasteiger partial charge on any atom is -0.405 e. The molecule has 10 heteroatoms. The van der Waals surface area contributed by atoms with E-state index >= 15 is 0 Å². The first kappa shape index (κ1) is 21.1. The fraction of sp³-hybridized carbons (Fsp3) is 0.474. The molecule has 0 unspecified atom stereocenters. The second kappa shape index (κ2) is 8.81. The number of halogens is 4. The van der Waals surface area contributed by atoms with Crippen LogP contribution in [0.15, 0.2) is 24.3 Å². The first-order chi connectivity index (χ1) is 13.7. The Balaban J connectivity index is 1.71. The normalized spacial score (nSPS) is 19.8. The number of nitrogens with one attached hydrogen (secondary N) is 1. The van der Waals surface area contributed by atoms with E-state index in [9.17, 15) is 17.6 Å². The lowest BCUT2D eigenvalue weighted by molar-refractivity contribution is -0.274. The maximum Gasteiger partial charge on any atom is 0.573 e. The molecule has 5 N–H and O–H groups in total. The highest BCUT2D eigenvalue weighted by atomic mass is 19.4. The molecule has 0 atom stereocenters. The van der Waals surface area contributed by atoms with Gasteiger partial charge in [0.25, 0.3) is 0 Å². The molecule has 1 saturated carbocycles. The number of alkyl halides is 3. The van der Waals surface area contributed by atoms with E-state index in [0.29, 0.717) is 6.42 Å². The van der Waals surface area contributed by atoms with E-state index in [4.69, 9.17) is 11.5 Å². The van der Waals surface area contributed by atoms with E-state index in [1.54, 1.807) is 6.07 Å². The number of anilines is 2. The summed E-state index contributed by atoms with van der Waals surface area (Å²) >= 11 is 0. The van der Waals surface area contributed by atoms with Crippen LogP contribution in [0.3, 0.4) is 0 Å². The van der Waals surface area contributed by atoms with Crippen LogP contribution < -0.4 is 21.5 Å². The molecule has 158 valence electrons. The fourth-order valence-corrected chi connectivity index (χ4v) is 3.44. The Kier molecular flexibility index (Phi) is 6.41. The van der Waals surface area contributed by atoms with Gasteiger partial charge in [-0.2, -0.15) is 4.98 Å². The van der Waals surface area contributed by atoms with Gasteiger partial charge in [-0.05, 0) is 44.1 Å². The van der Waals surface area contributed by atoms with Gasteiger partial charge < -0.3 is 21.5 Å². The lowest BCUT2D eigenvalue weighted by atomic mass is 9.83. The summed E-state index contributed by atoms with van der Waals surface area (Å²) in [5, 5.41) is 2.80. The summed E-state index contributed by atoms with van der Waals surface area (Å²) in [4.78, 5) is 8.05. The monoisotopic (exact) mass is 413 g/mol. The molecule has 1 aromatic heterocycles. The summed E-state index contributed by atoms with van der Waals surface area (Å²) in [6, 6.07) is 5.89. The third-order valence-corrected chi connectivity index (χ3v) is 4.95. The van der Waals surface area contributed by atoms with Gasteiger partial charge in [0.05, 0.1) is 5.69 Å². The van der Waals surface area contributed by atoms with E-state index in [1.165, 1.54) is 18.2 Å². The third-order valence-electron chi connectivity index (χ3n) is 4.95. The summed E-state index contributed by atoms with van der Waals surface area (Å²) < 4.78 is 56.0. The number of rotatable bonds is 6. The van der Waals surface area contributed by atoms with Crippen molar-refractivity contribution in [1.29, 1.82) is 0 Å². The van der Waals surface area contributed by atoms with Crippen molar-refractivity contribution >= 4 is 11.8 Å². The number of nitrogens with two attached hydrogens (primary N) is 2. The minimum atomic E-state index is -4.80. The summed E-state index contributed by atoms with van der Waals surface area (Å²) in [5.41, 5.74) is 12.0. The molecular weight excluding hydrogens is 390 g/mol. The molecule has 1 fully saturated rings. The highest BCUT2D eigenvalue weighted by Crippen LogP contribution is 2.29. The van der Waals surface area contributed by atoms with Gasteiger partial charge in [0.1, 0.15) is 5.75 Å². The molecule has 0 spiro atoms. The standard InChI is InChI=1S/C19H23F4N5O/c20-16-14(9-11-5-7-13(24)8-6-11)27-18(28-17(16)25)26-10-12-3-1-2-4-15(12)29-19(21,22)23/h1-4,11,13H,5-10,24H2,(H3,25,26,27,28)/t11-,13-. The van der Waals surface area contributed by atoms with Gasteiger partial charge in [-0.25, -0.2) is 9.37 Å². The number of hydrogen-bond donors (Lipinski definition) is 3. The molecular formula is C19H23F4N5O. The van der Waals surface area contributed by atoms with Crippen molar-refractivity contribution in [3.63, 3.8) is 0 Å². The second-order valence-electron chi connectivity index (χ2n) is 7.19. The van der Waals surface area contributed by atoms with Crippen LogP contribution in [0.4, 0.5) is 29.3 Å². The Hall–Kier alpha value is -2.62. The topological polar surface area (TPSA) is 99.1 Å². The van der Waals surface area contributed by atoms with Crippen LogP contribution >= 0.6 is 0 Å². The maximum atomic E-state index is 14.4. The molecule has 6 nitrogen and oxygen atoms in total. The molecule has 0 bridgehead atoms. The molecule has 0 aliphatic heterocycles. The summed E-state index contributed by atoms with van der Waals surface area (Å²) in [6.07, 6.45) is -0.858. The number of benzene rings is 1. The van der Waals surface area contributed by atoms with E-state index in [0.717, 1.165) is 25.7 Å². The average Bonchev–Trinajstić information content (AvgIpc) is 2.65. The van der Waals surface area contributed by atoms with Crippen LogP contribution in [-0.4, -0.2) is 22.4 Å². The van der Waals surface area contributed by atoms with E-state index < -0.39 is 12.2 Å². The van der Waals surface area contributed by atoms with Gasteiger partial charge in [-0.1, -0.05) is 18.2 Å². The molecule has 0 amide bonds. The van der Waals surface area contributed by atoms with Crippen LogP contribution in [-0.2, 0) is 13.0 Å². The molecule has 1 aliphatic rings. The number of aromatic nitrogens is 2. The number of para-hydroxylation sites is 1. The zero-order valence-electron chi connectivity index (χ0n) is 15.7. The highest BCUT2D eigenvalue weighted by Gasteiger charge is 2.32. The van der Waals surface area contributed by atoms with Crippen molar-refractivity contribution in [1.82, 2.24) is 9.97 Å². The molecule has 1 aromatic carbocycles. The average molecular weight is 413 g/mol. The summed E-state index contributed by atoms with van der Waals surface area (Å²) in [6.45, 7) is -0.0466. The van der Waals surface area contributed by atoms with E-state index in [2.05, 4.69) is 20.0 Å². The van der Waals surface area contributed by atoms with Crippen molar-refractivity contribution < 1.29 is 22.3 Å².